The third-order valence-electron chi connectivity index (χ3n) is 6.20. The number of hydrogen-bond acceptors (Lipinski definition) is 6. The molecule has 196 valence electrons. The van der Waals surface area contributed by atoms with Crippen molar-refractivity contribution < 1.29 is 19.1 Å². The van der Waals surface area contributed by atoms with Crippen LogP contribution in [-0.2, 0) is 25.6 Å². The quantitative estimate of drug-likeness (QED) is 0.470. The highest BCUT2D eigenvalue weighted by molar-refractivity contribution is 5.86. The molecule has 0 aromatic carbocycles. The number of carbonyl (C=O) groups is 2. The summed E-state index contributed by atoms with van der Waals surface area (Å²) >= 11 is 0. The Labute approximate surface area is 219 Å². The second-order valence-electron chi connectivity index (χ2n) is 8.78. The summed E-state index contributed by atoms with van der Waals surface area (Å²) in [6, 6.07) is 2.13. The van der Waals surface area contributed by atoms with Crippen LogP contribution < -0.4 is 10.6 Å². The van der Waals surface area contributed by atoms with Crippen molar-refractivity contribution in [3.8, 4) is 0 Å². The number of ether oxygens (including phenoxy) is 2. The number of nitrogens with one attached hydrogen (secondary N) is 2. The summed E-state index contributed by atoms with van der Waals surface area (Å²) in [5, 5.41) is 6.11. The first-order chi connectivity index (χ1) is 17.9. The van der Waals surface area contributed by atoms with E-state index in [0.29, 0.717) is 18.8 Å². The number of nitrogens with zero attached hydrogens (tertiary/aromatic N) is 2. The van der Waals surface area contributed by atoms with Gasteiger partial charge in [0.2, 0.25) is 11.8 Å². The van der Waals surface area contributed by atoms with E-state index >= 15 is 0 Å². The van der Waals surface area contributed by atoms with Crippen molar-refractivity contribution in [3.63, 3.8) is 0 Å². The zero-order valence-corrected chi connectivity index (χ0v) is 22.3. The molecule has 37 heavy (non-hydrogen) atoms. The fourth-order valence-electron chi connectivity index (χ4n) is 3.95. The summed E-state index contributed by atoms with van der Waals surface area (Å²) in [6.45, 7) is 5.03. The van der Waals surface area contributed by atoms with Crippen molar-refractivity contribution in [1.29, 1.82) is 0 Å². The first-order valence-corrected chi connectivity index (χ1v) is 12.3. The van der Waals surface area contributed by atoms with Gasteiger partial charge in [-0.15, -0.1) is 0 Å². The molecule has 0 spiro atoms. The second kappa shape index (κ2) is 13.4. The molecule has 0 unspecified atom stereocenters. The van der Waals surface area contributed by atoms with Crippen LogP contribution in [0.3, 0.4) is 0 Å². The molecule has 0 saturated carbocycles. The zero-order chi connectivity index (χ0) is 26.8. The molecule has 1 aromatic heterocycles. The average Bonchev–Trinajstić information content (AvgIpc) is 3.15. The lowest BCUT2D eigenvalue weighted by molar-refractivity contribution is -0.129. The molecule has 1 aliphatic carbocycles. The Morgan fingerprint density at radius 2 is 2.05 bits per heavy atom. The summed E-state index contributed by atoms with van der Waals surface area (Å²) in [5.74, 6) is 0.412. The minimum Gasteiger partial charge on any atom is -0.496 e. The molecule has 0 atom stereocenters. The number of hydrogen-bond donors (Lipinski definition) is 2. The number of fused-ring (bicyclic) bond motifs is 1. The van der Waals surface area contributed by atoms with E-state index in [1.807, 2.05) is 44.5 Å². The Morgan fingerprint density at radius 3 is 2.78 bits per heavy atom. The number of aromatic nitrogens is 1. The summed E-state index contributed by atoms with van der Waals surface area (Å²) in [7, 11) is 4.87. The van der Waals surface area contributed by atoms with Crippen LogP contribution in [0, 0.1) is 0 Å². The second-order valence-corrected chi connectivity index (χ2v) is 8.78. The number of allylic oxidation sites excluding steroid dienone is 8. The van der Waals surface area contributed by atoms with Gasteiger partial charge in [-0.1, -0.05) is 24.3 Å². The Hall–Kier alpha value is -3.91. The van der Waals surface area contributed by atoms with E-state index in [1.165, 1.54) is 7.11 Å². The largest absolute Gasteiger partial charge is 0.496 e. The monoisotopic (exact) mass is 504 g/mol. The lowest BCUT2D eigenvalue weighted by atomic mass is 9.91. The van der Waals surface area contributed by atoms with Crippen LogP contribution in [0.2, 0.25) is 0 Å². The smallest absolute Gasteiger partial charge is 0.250 e. The first kappa shape index (κ1) is 27.7. The molecule has 0 radical (unpaired) electrons. The van der Waals surface area contributed by atoms with Crippen LogP contribution in [-0.4, -0.2) is 56.1 Å². The van der Waals surface area contributed by atoms with E-state index in [0.717, 1.165) is 45.7 Å². The van der Waals surface area contributed by atoms with Gasteiger partial charge in [-0.2, -0.15) is 0 Å². The van der Waals surface area contributed by atoms with E-state index in [4.69, 9.17) is 14.5 Å². The molecule has 2 amide bonds. The van der Waals surface area contributed by atoms with Crippen LogP contribution in [0.5, 0.6) is 0 Å². The molecule has 3 rings (SSSR count). The minimum atomic E-state index is -0.308. The van der Waals surface area contributed by atoms with Crippen LogP contribution in [0.1, 0.15) is 43.5 Å². The van der Waals surface area contributed by atoms with E-state index in [-0.39, 0.29) is 24.8 Å². The SMILES string of the molecule is CCN(C)C(=O)C/C(=C\C=C(/C)c1cnc2c(c1)C(C1=CCC=CC=C1OC)=CNC2)NC(=O)COC. The molecule has 0 bridgehead atoms. The number of methoxy groups -OCH3 is 2. The van der Waals surface area contributed by atoms with Gasteiger partial charge in [-0.25, -0.2) is 0 Å². The van der Waals surface area contributed by atoms with Gasteiger partial charge < -0.3 is 25.0 Å². The normalized spacial score (nSPS) is 15.4. The Morgan fingerprint density at radius 1 is 1.24 bits per heavy atom. The van der Waals surface area contributed by atoms with Gasteiger partial charge in [0.05, 0.1) is 25.8 Å². The van der Waals surface area contributed by atoms with Gasteiger partial charge in [0.1, 0.15) is 12.4 Å². The van der Waals surface area contributed by atoms with Crippen molar-refractivity contribution in [1.82, 2.24) is 20.5 Å². The van der Waals surface area contributed by atoms with E-state index in [1.54, 1.807) is 25.1 Å². The number of rotatable bonds is 10. The van der Waals surface area contributed by atoms with E-state index in [2.05, 4.69) is 28.9 Å². The molecule has 2 N–H and O–H groups in total. The van der Waals surface area contributed by atoms with Crippen molar-refractivity contribution >= 4 is 23.0 Å². The maximum Gasteiger partial charge on any atom is 0.250 e. The predicted octanol–water partition coefficient (Wildman–Crippen LogP) is 3.86. The van der Waals surface area contributed by atoms with Gasteiger partial charge in [0.25, 0.3) is 0 Å². The van der Waals surface area contributed by atoms with E-state index < -0.39 is 0 Å². The lowest BCUT2D eigenvalue weighted by Crippen LogP contribution is -2.32. The van der Waals surface area contributed by atoms with Gasteiger partial charge in [-0.3, -0.25) is 14.6 Å². The highest BCUT2D eigenvalue weighted by Crippen LogP contribution is 2.34. The third kappa shape index (κ3) is 7.30. The maximum atomic E-state index is 12.5. The number of amides is 2. The lowest BCUT2D eigenvalue weighted by Gasteiger charge is -2.22. The van der Waals surface area contributed by atoms with Crippen LogP contribution in [0.4, 0.5) is 0 Å². The number of carbonyl (C=O) groups excluding carboxylic acids is 2. The predicted molar refractivity (Wildman–Crippen MR) is 146 cm³/mol. The molecule has 0 saturated heterocycles. The zero-order valence-electron chi connectivity index (χ0n) is 22.3. The van der Waals surface area contributed by atoms with Crippen LogP contribution in [0.25, 0.3) is 11.1 Å². The maximum absolute atomic E-state index is 12.5. The molecule has 2 aliphatic rings. The first-order valence-electron chi connectivity index (χ1n) is 12.3. The van der Waals surface area contributed by atoms with Gasteiger partial charge >= 0.3 is 0 Å². The Balaban J connectivity index is 1.92. The van der Waals surface area contributed by atoms with Crippen LogP contribution >= 0.6 is 0 Å². The molecule has 2 heterocycles. The summed E-state index contributed by atoms with van der Waals surface area (Å²) in [5.41, 5.74) is 6.43. The van der Waals surface area contributed by atoms with Gasteiger partial charge in [0.15, 0.2) is 0 Å². The highest BCUT2D eigenvalue weighted by atomic mass is 16.5. The topological polar surface area (TPSA) is 92.8 Å². The molecule has 8 nitrogen and oxygen atoms in total. The molecule has 1 aliphatic heterocycles. The fourth-order valence-corrected chi connectivity index (χ4v) is 3.95. The minimum absolute atomic E-state index is 0.0802. The summed E-state index contributed by atoms with van der Waals surface area (Å²) < 4.78 is 10.6. The summed E-state index contributed by atoms with van der Waals surface area (Å²) in [4.78, 5) is 31.0. The fraction of sp³-hybridized carbons (Fsp3) is 0.345. The van der Waals surface area contributed by atoms with Crippen molar-refractivity contribution in [3.05, 3.63) is 88.8 Å². The molecule has 1 aromatic rings. The molecular weight excluding hydrogens is 468 g/mol. The summed E-state index contributed by atoms with van der Waals surface area (Å²) in [6.07, 6.45) is 16.6. The van der Waals surface area contributed by atoms with Crippen molar-refractivity contribution in [2.75, 3.05) is 34.4 Å². The highest BCUT2D eigenvalue weighted by Gasteiger charge is 2.21. The van der Waals surface area contributed by atoms with Crippen molar-refractivity contribution in [2.45, 2.75) is 33.2 Å². The Bertz CT molecular complexity index is 1200. The third-order valence-corrected chi connectivity index (χ3v) is 6.20. The molecule has 0 fully saturated rings. The Kier molecular flexibility index (Phi) is 10.0. The average molecular weight is 505 g/mol. The van der Waals surface area contributed by atoms with Gasteiger partial charge in [0, 0.05) is 55.5 Å². The standard InChI is InChI=1S/C29H36N4O4/c1-6-33(3)29(35)15-22(32-28(34)19-36-4)13-12-20(2)21-14-24-25(17-30-18-26(24)31-16-21)23-10-8-7-9-11-27(23)37-5/h7,9-14,16-17,30H,6,8,15,18-19H2,1-5H3,(H,32,34)/b20-12+,22-13+. The van der Waals surface area contributed by atoms with E-state index in [9.17, 15) is 9.59 Å². The van der Waals surface area contributed by atoms with Gasteiger partial charge in [-0.05, 0) is 49.6 Å². The molecule has 8 heteroatoms. The molecular formula is C29H36N4O4. The number of pyridine rings is 1. The van der Waals surface area contributed by atoms with Crippen LogP contribution in [0.15, 0.2) is 71.9 Å². The van der Waals surface area contributed by atoms with Crippen molar-refractivity contribution in [2.24, 2.45) is 0 Å².